The van der Waals surface area contributed by atoms with Crippen LogP contribution < -0.4 is 16.0 Å². The van der Waals surface area contributed by atoms with Gasteiger partial charge in [-0.3, -0.25) is 4.79 Å². The van der Waals surface area contributed by atoms with Crippen LogP contribution in [0.15, 0.2) is 72.8 Å². The largest absolute Gasteiger partial charge is 0.397 e. The lowest BCUT2D eigenvalue weighted by molar-refractivity contribution is 0.102. The number of carbonyl (C=O) groups is 1. The van der Waals surface area contributed by atoms with E-state index in [-0.39, 0.29) is 5.91 Å². The number of benzene rings is 3. The average Bonchev–Trinajstić information content (AvgIpc) is 3.17. The Morgan fingerprint density at radius 1 is 1.00 bits per heavy atom. The molecule has 1 atom stereocenters. The van der Waals surface area contributed by atoms with E-state index in [1.54, 1.807) is 18.2 Å². The first kappa shape index (κ1) is 18.0. The smallest absolute Gasteiger partial charge is 0.255 e. The number of nitrogens with one attached hydrogen (secondary N) is 1. The van der Waals surface area contributed by atoms with Gasteiger partial charge in [-0.05, 0) is 53.9 Å². The quantitative estimate of drug-likeness (QED) is 0.648. The lowest BCUT2D eigenvalue weighted by Gasteiger charge is -2.17. The molecule has 4 nitrogen and oxygen atoms in total. The molecule has 1 heterocycles. The van der Waals surface area contributed by atoms with E-state index in [1.165, 1.54) is 0 Å². The number of carbonyl (C=O) groups excluding carboxylic acids is 1. The highest BCUT2D eigenvalue weighted by Gasteiger charge is 2.22. The maximum atomic E-state index is 13.4. The van der Waals surface area contributed by atoms with E-state index in [1.807, 2.05) is 59.5 Å². The fourth-order valence-corrected chi connectivity index (χ4v) is 3.44. The van der Waals surface area contributed by atoms with E-state index in [0.29, 0.717) is 36.4 Å². The maximum Gasteiger partial charge on any atom is 0.255 e. The summed E-state index contributed by atoms with van der Waals surface area (Å²) in [6.07, 6.45) is -0.220. The third kappa shape index (κ3) is 3.83. The van der Waals surface area contributed by atoms with Crippen LogP contribution in [0.2, 0.25) is 0 Å². The number of nitrogen functional groups attached to an aromatic ring is 1. The standard InChI is InChI=1S/C23H22FN3O/c24-19-12-13-27(15-19)20-9-6-17(7-10-20)23(28)26-22-14-18(8-11-21(22)25)16-4-2-1-3-5-16/h1-11,14,19H,12-13,15,25H2,(H,26,28)/t19-/m0/s1. The summed E-state index contributed by atoms with van der Waals surface area (Å²) in [4.78, 5) is 14.7. The summed E-state index contributed by atoms with van der Waals surface area (Å²) in [5.74, 6) is -0.228. The van der Waals surface area contributed by atoms with Crippen molar-refractivity contribution < 1.29 is 9.18 Å². The molecule has 1 saturated heterocycles. The summed E-state index contributed by atoms with van der Waals surface area (Å²) >= 11 is 0. The fourth-order valence-electron chi connectivity index (χ4n) is 3.44. The molecule has 0 aromatic heterocycles. The van der Waals surface area contributed by atoms with Gasteiger partial charge in [0.15, 0.2) is 0 Å². The van der Waals surface area contributed by atoms with E-state index in [9.17, 15) is 9.18 Å². The Morgan fingerprint density at radius 3 is 2.43 bits per heavy atom. The molecule has 1 amide bonds. The molecule has 3 aromatic rings. The summed E-state index contributed by atoms with van der Waals surface area (Å²) in [6, 6.07) is 22.8. The first-order valence-corrected chi connectivity index (χ1v) is 9.35. The second-order valence-corrected chi connectivity index (χ2v) is 7.00. The van der Waals surface area contributed by atoms with E-state index in [4.69, 9.17) is 5.73 Å². The molecule has 0 saturated carbocycles. The second-order valence-electron chi connectivity index (χ2n) is 7.00. The predicted molar refractivity (Wildman–Crippen MR) is 112 cm³/mol. The highest BCUT2D eigenvalue weighted by molar-refractivity contribution is 6.06. The lowest BCUT2D eigenvalue weighted by Crippen LogP contribution is -2.20. The third-order valence-electron chi connectivity index (χ3n) is 5.03. The minimum atomic E-state index is -0.775. The van der Waals surface area contributed by atoms with Crippen molar-refractivity contribution in [2.45, 2.75) is 12.6 Å². The Labute approximate surface area is 163 Å². The van der Waals surface area contributed by atoms with Crippen LogP contribution in [0.5, 0.6) is 0 Å². The number of hydrogen-bond acceptors (Lipinski definition) is 3. The minimum absolute atomic E-state index is 0.228. The first-order chi connectivity index (χ1) is 13.6. The lowest BCUT2D eigenvalue weighted by atomic mass is 10.0. The van der Waals surface area contributed by atoms with Crippen molar-refractivity contribution in [3.05, 3.63) is 78.4 Å². The van der Waals surface area contributed by atoms with Gasteiger partial charge in [-0.1, -0.05) is 36.4 Å². The van der Waals surface area contributed by atoms with Gasteiger partial charge in [0.25, 0.3) is 5.91 Å². The van der Waals surface area contributed by atoms with Gasteiger partial charge in [0, 0.05) is 24.3 Å². The Kier molecular flexibility index (Phi) is 4.98. The van der Waals surface area contributed by atoms with Gasteiger partial charge < -0.3 is 16.0 Å². The highest BCUT2D eigenvalue weighted by atomic mass is 19.1. The van der Waals surface area contributed by atoms with Crippen LogP contribution >= 0.6 is 0 Å². The Bertz CT molecular complexity index is 973. The van der Waals surface area contributed by atoms with Crippen LogP contribution in [0.4, 0.5) is 21.5 Å². The molecule has 0 spiro atoms. The summed E-state index contributed by atoms with van der Waals surface area (Å²) in [5.41, 5.74) is 10.6. The monoisotopic (exact) mass is 375 g/mol. The van der Waals surface area contributed by atoms with Crippen molar-refractivity contribution in [1.29, 1.82) is 0 Å². The van der Waals surface area contributed by atoms with E-state index < -0.39 is 6.17 Å². The molecule has 1 aliphatic heterocycles. The first-order valence-electron chi connectivity index (χ1n) is 9.35. The number of hydrogen-bond donors (Lipinski definition) is 2. The molecule has 4 rings (SSSR count). The fraction of sp³-hybridized carbons (Fsp3) is 0.174. The normalized spacial score (nSPS) is 16.2. The maximum absolute atomic E-state index is 13.4. The van der Waals surface area contributed by atoms with Gasteiger partial charge in [0.1, 0.15) is 6.17 Å². The molecule has 142 valence electrons. The number of nitrogens with two attached hydrogens (primary N) is 1. The third-order valence-corrected chi connectivity index (χ3v) is 5.03. The Balaban J connectivity index is 1.50. The number of amides is 1. The number of anilines is 3. The van der Waals surface area contributed by atoms with Crippen molar-refractivity contribution in [2.24, 2.45) is 0 Å². The zero-order chi connectivity index (χ0) is 19.5. The molecule has 3 N–H and O–H groups in total. The molecule has 0 unspecified atom stereocenters. The molecule has 28 heavy (non-hydrogen) atoms. The number of rotatable bonds is 4. The van der Waals surface area contributed by atoms with Crippen LogP contribution in [-0.4, -0.2) is 25.2 Å². The molecular formula is C23H22FN3O. The van der Waals surface area contributed by atoms with Gasteiger partial charge in [-0.25, -0.2) is 4.39 Å². The predicted octanol–water partition coefficient (Wildman–Crippen LogP) is 4.74. The van der Waals surface area contributed by atoms with E-state index in [2.05, 4.69) is 5.32 Å². The zero-order valence-corrected chi connectivity index (χ0v) is 15.4. The van der Waals surface area contributed by atoms with E-state index >= 15 is 0 Å². The van der Waals surface area contributed by atoms with Gasteiger partial charge in [0.2, 0.25) is 0 Å². The molecule has 0 aliphatic carbocycles. The summed E-state index contributed by atoms with van der Waals surface area (Å²) < 4.78 is 13.4. The number of halogens is 1. The summed E-state index contributed by atoms with van der Waals surface area (Å²) in [6.45, 7) is 1.11. The van der Waals surface area contributed by atoms with Crippen molar-refractivity contribution in [3.63, 3.8) is 0 Å². The van der Waals surface area contributed by atoms with Crippen LogP contribution in [-0.2, 0) is 0 Å². The zero-order valence-electron chi connectivity index (χ0n) is 15.4. The summed E-state index contributed by atoms with van der Waals surface area (Å²) in [7, 11) is 0. The van der Waals surface area contributed by atoms with Gasteiger partial charge in [-0.2, -0.15) is 0 Å². The van der Waals surface area contributed by atoms with Gasteiger partial charge >= 0.3 is 0 Å². The molecule has 0 radical (unpaired) electrons. The SMILES string of the molecule is Nc1ccc(-c2ccccc2)cc1NC(=O)c1ccc(N2CC[C@H](F)C2)cc1. The summed E-state index contributed by atoms with van der Waals surface area (Å²) in [5, 5.41) is 2.90. The molecule has 3 aromatic carbocycles. The molecule has 5 heteroatoms. The topological polar surface area (TPSA) is 58.4 Å². The average molecular weight is 375 g/mol. The van der Waals surface area contributed by atoms with Crippen LogP contribution in [0.3, 0.4) is 0 Å². The van der Waals surface area contributed by atoms with Crippen molar-refractivity contribution in [3.8, 4) is 11.1 Å². The second kappa shape index (κ2) is 7.72. The molecule has 0 bridgehead atoms. The molecular weight excluding hydrogens is 353 g/mol. The van der Waals surface area contributed by atoms with Crippen LogP contribution in [0.1, 0.15) is 16.8 Å². The minimum Gasteiger partial charge on any atom is -0.397 e. The van der Waals surface area contributed by atoms with Crippen LogP contribution in [0, 0.1) is 0 Å². The molecule has 1 fully saturated rings. The number of alkyl halides is 1. The van der Waals surface area contributed by atoms with Gasteiger partial charge in [0.05, 0.1) is 11.4 Å². The number of nitrogens with zero attached hydrogens (tertiary/aromatic N) is 1. The van der Waals surface area contributed by atoms with Crippen LogP contribution in [0.25, 0.3) is 11.1 Å². The van der Waals surface area contributed by atoms with Crippen molar-refractivity contribution in [1.82, 2.24) is 0 Å². The van der Waals surface area contributed by atoms with E-state index in [0.717, 1.165) is 16.8 Å². The molecule has 1 aliphatic rings. The van der Waals surface area contributed by atoms with Crippen molar-refractivity contribution in [2.75, 3.05) is 29.0 Å². The Morgan fingerprint density at radius 2 is 1.75 bits per heavy atom. The van der Waals surface area contributed by atoms with Crippen molar-refractivity contribution >= 4 is 23.0 Å². The highest BCUT2D eigenvalue weighted by Crippen LogP contribution is 2.28. The van der Waals surface area contributed by atoms with Gasteiger partial charge in [-0.15, -0.1) is 0 Å². The Hall–Kier alpha value is -3.34.